The Labute approximate surface area is 94.4 Å². The molecule has 0 bridgehead atoms. The van der Waals surface area contributed by atoms with Crippen molar-refractivity contribution in [3.05, 3.63) is 0 Å². The first kappa shape index (κ1) is 14.9. The van der Waals surface area contributed by atoms with Crippen molar-refractivity contribution in [2.75, 3.05) is 32.8 Å². The van der Waals surface area contributed by atoms with Crippen LogP contribution in [0.1, 0.15) is 40.0 Å². The van der Waals surface area contributed by atoms with Crippen LogP contribution in [-0.4, -0.2) is 44.1 Å². The molecule has 0 heterocycles. The first-order valence-corrected chi connectivity index (χ1v) is 6.33. The lowest BCUT2D eigenvalue weighted by Crippen LogP contribution is -3.12. The third-order valence-corrected chi connectivity index (χ3v) is 2.73. The summed E-state index contributed by atoms with van der Waals surface area (Å²) in [6.07, 6.45) is 3.25. The second-order valence-corrected chi connectivity index (χ2v) is 4.10. The van der Waals surface area contributed by atoms with Gasteiger partial charge < -0.3 is 14.7 Å². The first-order chi connectivity index (χ1) is 7.24. The van der Waals surface area contributed by atoms with Gasteiger partial charge >= 0.3 is 0 Å². The van der Waals surface area contributed by atoms with Crippen molar-refractivity contribution in [3.63, 3.8) is 0 Å². The Balaban J connectivity index is 3.35. The number of aliphatic hydroxyl groups is 1. The Morgan fingerprint density at radius 2 is 1.80 bits per heavy atom. The Kier molecular flexibility index (Phi) is 10.3. The SMILES string of the molecule is CCCCCOC[C@H](O)C[NH+](CC)CC. The summed E-state index contributed by atoms with van der Waals surface area (Å²) in [6.45, 7) is 10.7. The number of aliphatic hydroxyl groups excluding tert-OH is 1. The van der Waals surface area contributed by atoms with Gasteiger partial charge in [-0.25, -0.2) is 0 Å². The second kappa shape index (κ2) is 10.4. The molecule has 92 valence electrons. The fraction of sp³-hybridized carbons (Fsp3) is 1.00. The van der Waals surface area contributed by atoms with E-state index < -0.39 is 0 Å². The third kappa shape index (κ3) is 8.85. The molecule has 0 aromatic carbocycles. The number of nitrogens with one attached hydrogen (secondary N) is 1. The van der Waals surface area contributed by atoms with Crippen LogP contribution in [-0.2, 0) is 4.74 Å². The Morgan fingerprint density at radius 3 is 2.33 bits per heavy atom. The highest BCUT2D eigenvalue weighted by molar-refractivity contribution is 4.50. The third-order valence-electron chi connectivity index (χ3n) is 2.73. The molecule has 0 aliphatic heterocycles. The molecule has 0 unspecified atom stereocenters. The molecule has 0 aliphatic carbocycles. The number of hydrogen-bond acceptors (Lipinski definition) is 2. The molecule has 0 spiro atoms. The van der Waals surface area contributed by atoms with Gasteiger partial charge in [0.05, 0.1) is 19.7 Å². The minimum absolute atomic E-state index is 0.304. The van der Waals surface area contributed by atoms with Gasteiger partial charge in [-0.15, -0.1) is 0 Å². The zero-order valence-corrected chi connectivity index (χ0v) is 10.6. The Bertz CT molecular complexity index is 127. The molecule has 15 heavy (non-hydrogen) atoms. The highest BCUT2D eigenvalue weighted by atomic mass is 16.5. The van der Waals surface area contributed by atoms with Gasteiger partial charge in [-0.3, -0.25) is 0 Å². The lowest BCUT2D eigenvalue weighted by Gasteiger charge is -2.19. The summed E-state index contributed by atoms with van der Waals surface area (Å²) in [5, 5.41) is 9.69. The fourth-order valence-corrected chi connectivity index (χ4v) is 1.60. The van der Waals surface area contributed by atoms with Crippen molar-refractivity contribution in [3.8, 4) is 0 Å². The maximum Gasteiger partial charge on any atom is 0.126 e. The van der Waals surface area contributed by atoms with E-state index in [0.717, 1.165) is 32.7 Å². The summed E-state index contributed by atoms with van der Waals surface area (Å²) in [5.74, 6) is 0. The molecule has 0 aromatic rings. The fourth-order valence-electron chi connectivity index (χ4n) is 1.60. The van der Waals surface area contributed by atoms with E-state index in [4.69, 9.17) is 4.74 Å². The number of rotatable bonds is 10. The van der Waals surface area contributed by atoms with Gasteiger partial charge in [0.1, 0.15) is 12.6 Å². The van der Waals surface area contributed by atoms with E-state index in [0.29, 0.717) is 6.61 Å². The monoisotopic (exact) mass is 218 g/mol. The van der Waals surface area contributed by atoms with Crippen LogP contribution in [0.3, 0.4) is 0 Å². The quantitative estimate of drug-likeness (QED) is 0.523. The lowest BCUT2D eigenvalue weighted by molar-refractivity contribution is -0.899. The molecule has 3 nitrogen and oxygen atoms in total. The van der Waals surface area contributed by atoms with Gasteiger partial charge in [0.25, 0.3) is 0 Å². The number of ether oxygens (including phenoxy) is 1. The largest absolute Gasteiger partial charge is 0.385 e. The molecule has 3 heteroatoms. The molecule has 0 amide bonds. The van der Waals surface area contributed by atoms with Crippen LogP contribution in [0.5, 0.6) is 0 Å². The highest BCUT2D eigenvalue weighted by Gasteiger charge is 2.11. The summed E-state index contributed by atoms with van der Waals surface area (Å²) < 4.78 is 5.42. The number of unbranched alkanes of at least 4 members (excludes halogenated alkanes) is 2. The maximum absolute atomic E-state index is 9.69. The van der Waals surface area contributed by atoms with Crippen LogP contribution in [0.25, 0.3) is 0 Å². The van der Waals surface area contributed by atoms with Crippen molar-refractivity contribution in [2.45, 2.75) is 46.1 Å². The maximum atomic E-state index is 9.69. The van der Waals surface area contributed by atoms with E-state index in [9.17, 15) is 5.11 Å². The second-order valence-electron chi connectivity index (χ2n) is 4.10. The van der Waals surface area contributed by atoms with E-state index in [1.54, 1.807) is 0 Å². The predicted octanol–water partition coefficient (Wildman–Crippen LogP) is 0.479. The summed E-state index contributed by atoms with van der Waals surface area (Å²) >= 11 is 0. The van der Waals surface area contributed by atoms with Crippen LogP contribution in [0.4, 0.5) is 0 Å². The molecule has 0 radical (unpaired) electrons. The van der Waals surface area contributed by atoms with Gasteiger partial charge in [-0.1, -0.05) is 19.8 Å². The minimum atomic E-state index is -0.304. The van der Waals surface area contributed by atoms with Crippen molar-refractivity contribution in [2.24, 2.45) is 0 Å². The molecule has 0 rings (SSSR count). The van der Waals surface area contributed by atoms with Gasteiger partial charge in [-0.2, -0.15) is 0 Å². The highest BCUT2D eigenvalue weighted by Crippen LogP contribution is 1.94. The minimum Gasteiger partial charge on any atom is -0.385 e. The zero-order chi connectivity index (χ0) is 11.5. The molecule has 2 N–H and O–H groups in total. The molecule has 0 aromatic heterocycles. The van der Waals surface area contributed by atoms with E-state index in [-0.39, 0.29) is 6.10 Å². The molecule has 0 saturated carbocycles. The van der Waals surface area contributed by atoms with Gasteiger partial charge in [0, 0.05) is 6.61 Å². The van der Waals surface area contributed by atoms with Crippen LogP contribution in [0.2, 0.25) is 0 Å². The standard InChI is InChI=1S/C12H27NO2/c1-4-7-8-9-15-11-12(14)10-13(5-2)6-3/h12,14H,4-11H2,1-3H3/p+1/t12-/m1/s1. The van der Waals surface area contributed by atoms with Crippen LogP contribution < -0.4 is 4.90 Å². The average molecular weight is 218 g/mol. The van der Waals surface area contributed by atoms with Crippen molar-refractivity contribution >= 4 is 0 Å². The van der Waals surface area contributed by atoms with Crippen LogP contribution in [0.15, 0.2) is 0 Å². The van der Waals surface area contributed by atoms with Gasteiger partial charge in [0.2, 0.25) is 0 Å². The van der Waals surface area contributed by atoms with Gasteiger partial charge in [-0.05, 0) is 20.3 Å². The molecular weight excluding hydrogens is 190 g/mol. The smallest absolute Gasteiger partial charge is 0.126 e. The molecule has 0 saturated heterocycles. The first-order valence-electron chi connectivity index (χ1n) is 6.33. The molecule has 0 aliphatic rings. The topological polar surface area (TPSA) is 33.9 Å². The van der Waals surface area contributed by atoms with Gasteiger partial charge in [0.15, 0.2) is 0 Å². The summed E-state index contributed by atoms with van der Waals surface area (Å²) in [5.41, 5.74) is 0. The molecule has 0 fully saturated rings. The lowest BCUT2D eigenvalue weighted by atomic mass is 10.3. The van der Waals surface area contributed by atoms with E-state index >= 15 is 0 Å². The van der Waals surface area contributed by atoms with Crippen LogP contribution in [0, 0.1) is 0 Å². The predicted molar refractivity (Wildman–Crippen MR) is 63.3 cm³/mol. The zero-order valence-electron chi connectivity index (χ0n) is 10.6. The number of hydrogen-bond donors (Lipinski definition) is 2. The molecular formula is C12H28NO2+. The number of quaternary nitrogens is 1. The van der Waals surface area contributed by atoms with Crippen molar-refractivity contribution in [1.29, 1.82) is 0 Å². The number of likely N-dealkylation sites (N-methyl/N-ethyl adjacent to an activating group) is 1. The van der Waals surface area contributed by atoms with E-state index in [2.05, 4.69) is 20.8 Å². The normalized spacial score (nSPS) is 13.4. The summed E-state index contributed by atoms with van der Waals surface area (Å²) in [6, 6.07) is 0. The molecule has 1 atom stereocenters. The van der Waals surface area contributed by atoms with E-state index in [1.807, 2.05) is 0 Å². The average Bonchev–Trinajstić information content (AvgIpc) is 2.25. The summed E-state index contributed by atoms with van der Waals surface area (Å²) in [7, 11) is 0. The van der Waals surface area contributed by atoms with Crippen molar-refractivity contribution in [1.82, 2.24) is 0 Å². The van der Waals surface area contributed by atoms with E-state index in [1.165, 1.54) is 17.7 Å². The van der Waals surface area contributed by atoms with Crippen LogP contribution >= 0.6 is 0 Å². The summed E-state index contributed by atoms with van der Waals surface area (Å²) in [4.78, 5) is 1.43. The Morgan fingerprint density at radius 1 is 1.13 bits per heavy atom. The van der Waals surface area contributed by atoms with Crippen molar-refractivity contribution < 1.29 is 14.7 Å². The Hall–Kier alpha value is -0.120.